The van der Waals surface area contributed by atoms with Gasteiger partial charge in [-0.25, -0.2) is 4.68 Å². The molecule has 0 N–H and O–H groups in total. The van der Waals surface area contributed by atoms with E-state index in [1.54, 1.807) is 54.7 Å². The third-order valence-corrected chi connectivity index (χ3v) is 6.75. The molecule has 1 fully saturated rings. The van der Waals surface area contributed by atoms with Gasteiger partial charge < -0.3 is 9.47 Å². The fourth-order valence-corrected chi connectivity index (χ4v) is 4.63. The number of carbonyl (C=O) groups excluding carboxylic acids is 2. The number of nitro benzene ring substituents is 1. The zero-order chi connectivity index (χ0) is 27.5. The summed E-state index contributed by atoms with van der Waals surface area (Å²) in [5.41, 5.74) is 1.75. The Bertz CT molecular complexity index is 1600. The Morgan fingerprint density at radius 3 is 2.49 bits per heavy atom. The molecule has 13 heteroatoms. The summed E-state index contributed by atoms with van der Waals surface area (Å²) in [4.78, 5) is 37.3. The van der Waals surface area contributed by atoms with Crippen LogP contribution in [0, 0.1) is 10.1 Å². The molecule has 1 aliphatic heterocycles. The first-order valence-electron chi connectivity index (χ1n) is 11.3. The molecule has 1 aromatic heterocycles. The summed E-state index contributed by atoms with van der Waals surface area (Å²) in [6, 6.07) is 17.7. The number of benzene rings is 3. The van der Waals surface area contributed by atoms with Crippen molar-refractivity contribution in [2.45, 2.75) is 6.54 Å². The van der Waals surface area contributed by atoms with Crippen molar-refractivity contribution in [1.82, 2.24) is 19.9 Å². The molecule has 11 nitrogen and oxygen atoms in total. The molecule has 3 aromatic carbocycles. The number of thioether (sulfide) groups is 1. The summed E-state index contributed by atoms with van der Waals surface area (Å²) < 4.78 is 12.8. The number of hydrogen-bond acceptors (Lipinski definition) is 9. The monoisotopic (exact) mass is 563 g/mol. The fourth-order valence-electron chi connectivity index (χ4n) is 3.66. The molecule has 0 unspecified atom stereocenters. The lowest BCUT2D eigenvalue weighted by Crippen LogP contribution is -2.27. The molecule has 196 valence electrons. The largest absolute Gasteiger partial charge is 0.493 e. The third-order valence-electron chi connectivity index (χ3n) is 5.59. The van der Waals surface area contributed by atoms with Gasteiger partial charge in [0, 0.05) is 17.2 Å². The SMILES string of the molecule is COc1cc(/C=C2\SC(=O)N(Cc3cn(-c4ccc(Cl)cc4)nn3)C2=O)ccc1Oc1ccc([N+](=O)[O-])cc1. The minimum atomic E-state index is -0.494. The smallest absolute Gasteiger partial charge is 0.293 e. The molecule has 0 bridgehead atoms. The van der Waals surface area contributed by atoms with Crippen molar-refractivity contribution >= 4 is 46.3 Å². The topological polar surface area (TPSA) is 130 Å². The van der Waals surface area contributed by atoms with Crippen LogP contribution in [0.2, 0.25) is 5.02 Å². The van der Waals surface area contributed by atoms with Gasteiger partial charge in [-0.1, -0.05) is 22.9 Å². The van der Waals surface area contributed by atoms with Crippen LogP contribution in [-0.2, 0) is 11.3 Å². The van der Waals surface area contributed by atoms with Crippen molar-refractivity contribution in [3.05, 3.63) is 104 Å². The van der Waals surface area contributed by atoms with Crippen LogP contribution in [0.4, 0.5) is 10.5 Å². The number of rotatable bonds is 8. The highest BCUT2D eigenvalue weighted by Gasteiger charge is 2.35. The highest BCUT2D eigenvalue weighted by atomic mass is 35.5. The maximum absolute atomic E-state index is 13.0. The highest BCUT2D eigenvalue weighted by molar-refractivity contribution is 8.18. The maximum Gasteiger partial charge on any atom is 0.293 e. The summed E-state index contributed by atoms with van der Waals surface area (Å²) in [6.45, 7) is -0.0269. The van der Waals surface area contributed by atoms with Crippen LogP contribution in [0.3, 0.4) is 0 Å². The second-order valence-electron chi connectivity index (χ2n) is 8.16. The Kier molecular flexibility index (Phi) is 7.30. The number of nitrogens with zero attached hydrogens (tertiary/aromatic N) is 5. The molecule has 1 aliphatic rings. The molecule has 4 aromatic rings. The number of non-ortho nitro benzene ring substituents is 1. The van der Waals surface area contributed by atoms with Crippen molar-refractivity contribution in [2.24, 2.45) is 0 Å². The van der Waals surface area contributed by atoms with Crippen LogP contribution in [0.15, 0.2) is 77.8 Å². The first-order valence-corrected chi connectivity index (χ1v) is 12.5. The van der Waals surface area contributed by atoms with Crippen molar-refractivity contribution in [3.8, 4) is 22.9 Å². The number of carbonyl (C=O) groups is 2. The Balaban J connectivity index is 1.29. The van der Waals surface area contributed by atoms with Gasteiger partial charge in [0.15, 0.2) is 11.5 Å². The van der Waals surface area contributed by atoms with Gasteiger partial charge in [-0.3, -0.25) is 24.6 Å². The minimum absolute atomic E-state index is 0.0269. The molecule has 0 aliphatic carbocycles. The molecule has 0 spiro atoms. The number of hydrogen-bond donors (Lipinski definition) is 0. The number of halogens is 1. The number of nitro groups is 1. The average Bonchev–Trinajstić information content (AvgIpc) is 3.50. The predicted octanol–water partition coefficient (Wildman–Crippen LogP) is 5.87. The second kappa shape index (κ2) is 11.0. The van der Waals surface area contributed by atoms with Gasteiger partial charge in [0.25, 0.3) is 16.8 Å². The van der Waals surface area contributed by atoms with Gasteiger partial charge >= 0.3 is 0 Å². The van der Waals surface area contributed by atoms with Gasteiger partial charge in [0.1, 0.15) is 11.4 Å². The third kappa shape index (κ3) is 5.76. The molecule has 0 radical (unpaired) electrons. The summed E-state index contributed by atoms with van der Waals surface area (Å²) in [6.07, 6.45) is 3.23. The first kappa shape index (κ1) is 25.9. The fraction of sp³-hybridized carbons (Fsp3) is 0.0769. The number of amides is 2. The van der Waals surface area contributed by atoms with Crippen LogP contribution < -0.4 is 9.47 Å². The first-order chi connectivity index (χ1) is 18.8. The van der Waals surface area contributed by atoms with Gasteiger partial charge in [-0.15, -0.1) is 5.10 Å². The summed E-state index contributed by atoms with van der Waals surface area (Å²) >= 11 is 6.75. The maximum atomic E-state index is 13.0. The molecule has 5 rings (SSSR count). The van der Waals surface area contributed by atoms with Crippen LogP contribution in [0.5, 0.6) is 17.2 Å². The van der Waals surface area contributed by atoms with E-state index in [-0.39, 0.29) is 17.1 Å². The van der Waals surface area contributed by atoms with Crippen molar-refractivity contribution in [3.63, 3.8) is 0 Å². The van der Waals surface area contributed by atoms with Gasteiger partial charge in [-0.05, 0) is 71.9 Å². The van der Waals surface area contributed by atoms with Gasteiger partial charge in [0.05, 0.1) is 35.4 Å². The van der Waals surface area contributed by atoms with E-state index in [1.165, 1.54) is 36.1 Å². The second-order valence-corrected chi connectivity index (χ2v) is 9.59. The van der Waals surface area contributed by atoms with Crippen molar-refractivity contribution in [2.75, 3.05) is 7.11 Å². The summed E-state index contributed by atoms with van der Waals surface area (Å²) in [5, 5.41) is 19.2. The van der Waals surface area contributed by atoms with E-state index in [1.807, 2.05) is 0 Å². The van der Waals surface area contributed by atoms with E-state index >= 15 is 0 Å². The van der Waals surface area contributed by atoms with Crippen molar-refractivity contribution in [1.29, 1.82) is 0 Å². The predicted molar refractivity (Wildman–Crippen MR) is 144 cm³/mol. The molecule has 39 heavy (non-hydrogen) atoms. The Morgan fingerprint density at radius 1 is 1.05 bits per heavy atom. The van der Waals surface area contributed by atoms with Crippen LogP contribution in [0.1, 0.15) is 11.3 Å². The van der Waals surface area contributed by atoms with E-state index < -0.39 is 16.1 Å². The molecule has 2 amide bonds. The quantitative estimate of drug-likeness (QED) is 0.147. The molecule has 1 saturated heterocycles. The van der Waals surface area contributed by atoms with E-state index in [0.29, 0.717) is 33.5 Å². The molecule has 2 heterocycles. The van der Waals surface area contributed by atoms with Crippen molar-refractivity contribution < 1.29 is 24.0 Å². The van der Waals surface area contributed by atoms with E-state index in [4.69, 9.17) is 21.1 Å². The van der Waals surface area contributed by atoms with Crippen LogP contribution >= 0.6 is 23.4 Å². The molecule has 0 saturated carbocycles. The summed E-state index contributed by atoms with van der Waals surface area (Å²) in [7, 11) is 1.47. The zero-order valence-corrected chi connectivity index (χ0v) is 21.8. The van der Waals surface area contributed by atoms with Crippen LogP contribution in [0.25, 0.3) is 11.8 Å². The highest BCUT2D eigenvalue weighted by Crippen LogP contribution is 2.36. The number of imide groups is 1. The van der Waals surface area contributed by atoms with E-state index in [9.17, 15) is 19.7 Å². The molecular formula is C26H18ClN5O6S. The number of methoxy groups -OCH3 is 1. The Hall–Kier alpha value is -4.68. The lowest BCUT2D eigenvalue weighted by molar-refractivity contribution is -0.384. The Labute approximate surface area is 230 Å². The Morgan fingerprint density at radius 2 is 1.79 bits per heavy atom. The van der Waals surface area contributed by atoms with E-state index in [2.05, 4.69) is 10.3 Å². The average molecular weight is 564 g/mol. The van der Waals surface area contributed by atoms with Gasteiger partial charge in [-0.2, -0.15) is 0 Å². The standard InChI is InChI=1S/C26H18ClN5O6S/c1-37-23-12-16(2-11-22(23)38-21-9-7-20(8-10-21)32(35)36)13-24-25(33)30(26(34)39-24)14-18-15-31(29-28-18)19-5-3-17(27)4-6-19/h2-13,15H,14H2,1H3/b24-13-. The molecule has 0 atom stereocenters. The normalized spacial score (nSPS) is 14.2. The number of ether oxygens (including phenoxy) is 2. The van der Waals surface area contributed by atoms with Gasteiger partial charge in [0.2, 0.25) is 0 Å². The lowest BCUT2D eigenvalue weighted by Gasteiger charge is -2.11. The molecular weight excluding hydrogens is 546 g/mol. The van der Waals surface area contributed by atoms with Crippen LogP contribution in [-0.4, -0.2) is 43.1 Å². The van der Waals surface area contributed by atoms with E-state index in [0.717, 1.165) is 22.3 Å². The summed E-state index contributed by atoms with van der Waals surface area (Å²) in [5.74, 6) is 0.692. The number of aromatic nitrogens is 3. The lowest BCUT2D eigenvalue weighted by atomic mass is 10.2. The minimum Gasteiger partial charge on any atom is -0.493 e. The zero-order valence-electron chi connectivity index (χ0n) is 20.2.